The number of ketones is 1. The van der Waals surface area contributed by atoms with Crippen LogP contribution in [0, 0.1) is 20.8 Å². The molecule has 0 aromatic heterocycles. The van der Waals surface area contributed by atoms with E-state index in [0.29, 0.717) is 36.3 Å². The second-order valence-corrected chi connectivity index (χ2v) is 12.8. The maximum Gasteiger partial charge on any atom is 0.243 e. The van der Waals surface area contributed by atoms with Gasteiger partial charge in [0.05, 0.1) is 18.6 Å². The van der Waals surface area contributed by atoms with E-state index in [-0.39, 0.29) is 23.1 Å². The highest BCUT2D eigenvalue weighted by Gasteiger charge is 2.26. The number of methoxy groups -OCH3 is 1. The zero-order chi connectivity index (χ0) is 31.5. The average molecular weight is 591 g/mol. The van der Waals surface area contributed by atoms with Crippen molar-refractivity contribution >= 4 is 27.4 Å². The highest BCUT2D eigenvalue weighted by molar-refractivity contribution is 7.89. The van der Waals surface area contributed by atoms with Gasteiger partial charge < -0.3 is 19.4 Å². The first-order chi connectivity index (χ1) is 19.0. The summed E-state index contributed by atoms with van der Waals surface area (Å²) >= 11 is 0. The third-order valence-corrected chi connectivity index (χ3v) is 8.97. The number of rotatable bonds is 13. The third-order valence-electron chi connectivity index (χ3n) is 6.86. The van der Waals surface area contributed by atoms with E-state index < -0.39 is 10.0 Å². The van der Waals surface area contributed by atoms with E-state index in [2.05, 4.69) is 56.1 Å². The molecule has 0 N–H and O–H groups in total. The number of Topliss-reactive ketones (excluding diaryl/α,β-unsaturated/α-hetero) is 1. The number of anilines is 1. The number of sulfonamides is 1. The van der Waals surface area contributed by atoms with Crippen LogP contribution in [0.4, 0.5) is 5.69 Å². The van der Waals surface area contributed by atoms with Crippen LogP contribution < -0.4 is 9.64 Å². The second-order valence-electron chi connectivity index (χ2n) is 10.9. The summed E-state index contributed by atoms with van der Waals surface area (Å²) in [7, 11) is 7.40. The fourth-order valence-electron chi connectivity index (χ4n) is 4.22. The van der Waals surface area contributed by atoms with Gasteiger partial charge in [-0.25, -0.2) is 8.42 Å². The number of ether oxygens (including phenoxy) is 1. The van der Waals surface area contributed by atoms with Gasteiger partial charge in [-0.05, 0) is 87.8 Å². The summed E-state index contributed by atoms with van der Waals surface area (Å²) in [5.41, 5.74) is 4.88. The molecule has 2 aromatic rings. The normalized spacial score (nSPS) is 11.2. The number of carbonyl (C=O) groups is 2. The Bertz CT molecular complexity index is 1250. The fraction of sp³-hybridized carbons (Fsp3) is 0.548. The van der Waals surface area contributed by atoms with E-state index >= 15 is 0 Å². The summed E-state index contributed by atoms with van der Waals surface area (Å²) in [4.78, 5) is 29.4. The van der Waals surface area contributed by atoms with Gasteiger partial charge in [-0.2, -0.15) is 4.31 Å². The summed E-state index contributed by atoms with van der Waals surface area (Å²) in [6.07, 6.45) is 1.10. The van der Waals surface area contributed by atoms with Crippen molar-refractivity contribution in [3.8, 4) is 5.75 Å². The summed E-state index contributed by atoms with van der Waals surface area (Å²) in [6.45, 7) is 11.6. The van der Waals surface area contributed by atoms with Crippen molar-refractivity contribution in [3.05, 3.63) is 52.6 Å². The molecule has 10 heteroatoms. The van der Waals surface area contributed by atoms with Gasteiger partial charge >= 0.3 is 0 Å². The average Bonchev–Trinajstić information content (AvgIpc) is 2.88. The quantitative estimate of drug-likeness (QED) is 0.344. The Labute approximate surface area is 248 Å². The first-order valence-electron chi connectivity index (χ1n) is 13.8. The Balaban J connectivity index is 0.000000410. The Kier molecular flexibility index (Phi) is 14.5. The summed E-state index contributed by atoms with van der Waals surface area (Å²) in [6, 6.07) is 9.81. The molecule has 230 valence electrons. The minimum absolute atomic E-state index is 0.0765. The van der Waals surface area contributed by atoms with E-state index in [1.807, 2.05) is 14.0 Å². The van der Waals surface area contributed by atoms with Gasteiger partial charge in [0.15, 0.2) is 0 Å². The van der Waals surface area contributed by atoms with Crippen LogP contribution in [0.1, 0.15) is 48.9 Å². The number of hydrogen-bond donors (Lipinski definition) is 0. The first-order valence-corrected chi connectivity index (χ1v) is 15.3. The Hall–Kier alpha value is -2.95. The fourth-order valence-corrected chi connectivity index (χ4v) is 5.78. The van der Waals surface area contributed by atoms with Crippen molar-refractivity contribution in [3.63, 3.8) is 0 Å². The molecule has 1 amide bonds. The van der Waals surface area contributed by atoms with Gasteiger partial charge in [0.2, 0.25) is 15.9 Å². The van der Waals surface area contributed by atoms with Crippen LogP contribution in [0.25, 0.3) is 0 Å². The van der Waals surface area contributed by atoms with Crippen LogP contribution in [0.5, 0.6) is 5.75 Å². The molecule has 2 rings (SSSR count). The van der Waals surface area contributed by atoms with E-state index in [1.54, 1.807) is 37.8 Å². The summed E-state index contributed by atoms with van der Waals surface area (Å²) < 4.78 is 31.5. The largest absolute Gasteiger partial charge is 0.497 e. The molecule has 0 bridgehead atoms. The smallest absolute Gasteiger partial charge is 0.243 e. The van der Waals surface area contributed by atoms with Crippen molar-refractivity contribution in [1.29, 1.82) is 0 Å². The van der Waals surface area contributed by atoms with E-state index in [9.17, 15) is 18.0 Å². The maximum atomic E-state index is 12.6. The highest BCUT2D eigenvalue weighted by Crippen LogP contribution is 2.27. The number of benzene rings is 2. The number of nitrogens with zero attached hydrogens (tertiary/aromatic N) is 4. The monoisotopic (exact) mass is 590 g/mol. The van der Waals surface area contributed by atoms with Crippen LogP contribution in [0.3, 0.4) is 0 Å². The lowest BCUT2D eigenvalue weighted by Gasteiger charge is -2.23. The van der Waals surface area contributed by atoms with Crippen molar-refractivity contribution in [1.82, 2.24) is 14.1 Å². The molecular formula is C31H50N4O5S. The lowest BCUT2D eigenvalue weighted by atomic mass is 10.1. The number of hydrogen-bond acceptors (Lipinski definition) is 7. The van der Waals surface area contributed by atoms with Crippen molar-refractivity contribution in [2.45, 2.75) is 58.9 Å². The molecule has 0 aliphatic carbocycles. The zero-order valence-corrected chi connectivity index (χ0v) is 27.7. The van der Waals surface area contributed by atoms with Crippen LogP contribution >= 0.6 is 0 Å². The van der Waals surface area contributed by atoms with E-state index in [4.69, 9.17) is 4.74 Å². The number of carbonyl (C=O) groups excluding carboxylic acids is 2. The molecule has 2 aromatic carbocycles. The summed E-state index contributed by atoms with van der Waals surface area (Å²) in [5, 5.41) is 0. The molecule has 0 radical (unpaired) electrons. The predicted molar refractivity (Wildman–Crippen MR) is 167 cm³/mol. The number of aryl methyl sites for hydroxylation is 3. The SMILES string of the molecule is CC(=O)N(C)Cc1ccc(N(C)CCN(C)C)cc1C.CCCC(=O)CN(C)S(=O)(=O)c1c(C)cc(OC)cc1C. The van der Waals surface area contributed by atoms with E-state index in [0.717, 1.165) is 17.4 Å². The Morgan fingerprint density at radius 3 is 1.93 bits per heavy atom. The van der Waals surface area contributed by atoms with Gasteiger partial charge in [0.25, 0.3) is 0 Å². The molecule has 0 aliphatic heterocycles. The predicted octanol–water partition coefficient (Wildman–Crippen LogP) is 4.27. The molecule has 0 atom stereocenters. The molecule has 0 saturated heterocycles. The van der Waals surface area contributed by atoms with Gasteiger partial charge in [-0.15, -0.1) is 0 Å². The van der Waals surface area contributed by atoms with Crippen LogP contribution in [-0.2, 0) is 26.2 Å². The molecule has 0 unspecified atom stereocenters. The Morgan fingerprint density at radius 2 is 1.46 bits per heavy atom. The molecule has 0 heterocycles. The molecule has 0 spiro atoms. The molecule has 41 heavy (non-hydrogen) atoms. The van der Waals surface area contributed by atoms with Crippen LogP contribution in [0.15, 0.2) is 35.2 Å². The standard InChI is InChI=1S/C16H27N3O.C15H23NO4S/c1-13-11-16(18(5)10-9-17(3)4)8-7-15(13)12-19(6)14(2)20;1-6-7-13(17)10-16(4)21(18,19)15-11(2)8-14(20-5)9-12(15)3/h7-8,11H,9-10,12H2,1-6H3;8-9H,6-7,10H2,1-5H3. The summed E-state index contributed by atoms with van der Waals surface area (Å²) in [5.74, 6) is 0.637. The van der Waals surface area contributed by atoms with Crippen LogP contribution in [0.2, 0.25) is 0 Å². The molecule has 9 nitrogen and oxygen atoms in total. The van der Waals surface area contributed by atoms with Gasteiger partial charge in [0.1, 0.15) is 11.5 Å². The third kappa shape index (κ3) is 11.1. The molecule has 0 fully saturated rings. The molecule has 0 aliphatic rings. The zero-order valence-electron chi connectivity index (χ0n) is 26.9. The lowest BCUT2D eigenvalue weighted by Crippen LogP contribution is -2.33. The van der Waals surface area contributed by atoms with Crippen molar-refractivity contribution in [2.75, 3.05) is 66.9 Å². The topological polar surface area (TPSA) is 90.5 Å². The second kappa shape index (κ2) is 16.5. The molecular weight excluding hydrogens is 540 g/mol. The number of amides is 1. The van der Waals surface area contributed by atoms with Gasteiger partial charge in [-0.1, -0.05) is 13.0 Å². The van der Waals surface area contributed by atoms with Crippen molar-refractivity contribution in [2.24, 2.45) is 0 Å². The minimum Gasteiger partial charge on any atom is -0.497 e. The van der Waals surface area contributed by atoms with Crippen molar-refractivity contribution < 1.29 is 22.7 Å². The minimum atomic E-state index is -3.68. The maximum absolute atomic E-state index is 12.6. The highest BCUT2D eigenvalue weighted by atomic mass is 32.2. The lowest BCUT2D eigenvalue weighted by molar-refractivity contribution is -0.128. The number of likely N-dealkylation sites (N-methyl/N-ethyl adjacent to an activating group) is 3. The van der Waals surface area contributed by atoms with Crippen LogP contribution in [-0.4, -0.2) is 96.2 Å². The van der Waals surface area contributed by atoms with E-state index in [1.165, 1.54) is 31.0 Å². The van der Waals surface area contributed by atoms with Gasteiger partial charge in [-0.3, -0.25) is 9.59 Å². The molecule has 0 saturated carbocycles. The van der Waals surface area contributed by atoms with Gasteiger partial charge in [0, 0.05) is 59.8 Å². The first kappa shape index (κ1) is 36.1. The Morgan fingerprint density at radius 1 is 0.878 bits per heavy atom.